The van der Waals surface area contributed by atoms with Gasteiger partial charge in [-0.25, -0.2) is 0 Å². The molecule has 2 heteroatoms. The topological polar surface area (TPSA) is 23.8 Å². The second kappa shape index (κ2) is 3.05. The molecule has 36 valence electrons. The highest BCUT2D eigenvalue weighted by atomic mass is 32.2. The summed E-state index contributed by atoms with van der Waals surface area (Å²) in [6, 6.07) is 0. The molecule has 0 aliphatic rings. The van der Waals surface area contributed by atoms with E-state index >= 15 is 0 Å². The van der Waals surface area contributed by atoms with Crippen molar-refractivity contribution in [3.63, 3.8) is 0 Å². The summed E-state index contributed by atoms with van der Waals surface area (Å²) in [5.41, 5.74) is 0. The van der Waals surface area contributed by atoms with Crippen molar-refractivity contribution in [2.24, 2.45) is 0 Å². The highest BCUT2D eigenvalue weighted by molar-refractivity contribution is 8.20. The van der Waals surface area contributed by atoms with Gasteiger partial charge in [0.2, 0.25) is 0 Å². The Balaban J connectivity index is 3.04. The van der Waals surface area contributed by atoms with Crippen LogP contribution in [0, 0.1) is 10.7 Å². The zero-order chi connectivity index (χ0) is 4.99. The molecule has 0 aliphatic heterocycles. The van der Waals surface area contributed by atoms with Crippen LogP contribution in [-0.4, -0.2) is 12.0 Å². The van der Waals surface area contributed by atoms with Crippen LogP contribution in [-0.2, 0) is 0 Å². The molecule has 0 heterocycles. The average molecular weight is 103 g/mol. The van der Waals surface area contributed by atoms with Crippen molar-refractivity contribution in [3.8, 4) is 5.40 Å². The van der Waals surface area contributed by atoms with E-state index in [9.17, 15) is 0 Å². The van der Waals surface area contributed by atoms with E-state index in [1.54, 1.807) is 0 Å². The van der Waals surface area contributed by atoms with Crippen molar-refractivity contribution in [1.82, 2.24) is 0 Å². The Morgan fingerprint density at radius 3 is 2.33 bits per heavy atom. The van der Waals surface area contributed by atoms with Crippen molar-refractivity contribution in [3.05, 3.63) is 0 Å². The van der Waals surface area contributed by atoms with Crippen molar-refractivity contribution in [1.29, 1.82) is 5.26 Å². The van der Waals surface area contributed by atoms with Gasteiger partial charge in [0.1, 0.15) is 5.40 Å². The first kappa shape index (κ1) is 5.84. The standard InChI is InChI=1S/C4H9NS/c1-3-6(2)4-5/h6H,3H2,1-2H3. The average Bonchev–Trinajstić information content (AvgIpc) is 1.65. The zero-order valence-corrected chi connectivity index (χ0v) is 5.00. The maximum atomic E-state index is 8.11. The van der Waals surface area contributed by atoms with Gasteiger partial charge in [-0.15, -0.1) is 0 Å². The Hall–Kier alpha value is -0.160. The maximum Gasteiger partial charge on any atom is 0.110 e. The van der Waals surface area contributed by atoms with Crippen LogP contribution in [0.15, 0.2) is 0 Å². The molecule has 1 atom stereocenters. The third-order valence-corrected chi connectivity index (χ3v) is 1.94. The van der Waals surface area contributed by atoms with Crippen LogP contribution in [0.4, 0.5) is 0 Å². The summed E-state index contributed by atoms with van der Waals surface area (Å²) in [4.78, 5) is 0. The van der Waals surface area contributed by atoms with Gasteiger partial charge in [0.15, 0.2) is 0 Å². The molecule has 0 radical (unpaired) electrons. The van der Waals surface area contributed by atoms with Gasteiger partial charge in [0.05, 0.1) is 0 Å². The lowest BCUT2D eigenvalue weighted by molar-refractivity contribution is 1.51. The van der Waals surface area contributed by atoms with Crippen LogP contribution in [0.3, 0.4) is 0 Å². The molecule has 1 nitrogen and oxygen atoms in total. The number of hydrogen-bond donors (Lipinski definition) is 1. The van der Waals surface area contributed by atoms with Gasteiger partial charge in [-0.1, -0.05) is 6.92 Å². The van der Waals surface area contributed by atoms with E-state index < -0.39 is 0 Å². The minimum atomic E-state index is -0.271. The highest BCUT2D eigenvalue weighted by Crippen LogP contribution is 2.13. The van der Waals surface area contributed by atoms with Gasteiger partial charge in [0, 0.05) is 0 Å². The van der Waals surface area contributed by atoms with Gasteiger partial charge >= 0.3 is 0 Å². The summed E-state index contributed by atoms with van der Waals surface area (Å²) in [6.45, 7) is 2.04. The van der Waals surface area contributed by atoms with Crippen molar-refractivity contribution < 1.29 is 0 Å². The molecule has 0 rings (SSSR count). The first-order valence-corrected chi connectivity index (χ1v) is 3.89. The van der Waals surface area contributed by atoms with E-state index in [1.165, 1.54) is 0 Å². The predicted octanol–water partition coefficient (Wildman–Crippen LogP) is 1.12. The Labute approximate surface area is 41.3 Å². The molecule has 1 unspecified atom stereocenters. The van der Waals surface area contributed by atoms with E-state index in [0.717, 1.165) is 5.75 Å². The van der Waals surface area contributed by atoms with Gasteiger partial charge in [-0.3, -0.25) is 0 Å². The highest BCUT2D eigenvalue weighted by Gasteiger charge is 1.81. The van der Waals surface area contributed by atoms with Crippen LogP contribution in [0.2, 0.25) is 0 Å². The van der Waals surface area contributed by atoms with Gasteiger partial charge in [-0.2, -0.15) is 16.2 Å². The lowest BCUT2D eigenvalue weighted by Crippen LogP contribution is -1.71. The first-order valence-electron chi connectivity index (χ1n) is 1.92. The molecule has 0 N–H and O–H groups in total. The fraction of sp³-hybridized carbons (Fsp3) is 0.750. The monoisotopic (exact) mass is 103 g/mol. The summed E-state index contributed by atoms with van der Waals surface area (Å²) in [5, 5.41) is 10.3. The largest absolute Gasteiger partial charge is 0.187 e. The molecular formula is C4H9NS. The molecule has 0 aromatic carbocycles. The second-order valence-corrected chi connectivity index (χ2v) is 3.34. The van der Waals surface area contributed by atoms with Crippen LogP contribution in [0.1, 0.15) is 6.92 Å². The van der Waals surface area contributed by atoms with Crippen LogP contribution in [0.5, 0.6) is 0 Å². The molecule has 0 saturated carbocycles. The second-order valence-electron chi connectivity index (χ2n) is 1.11. The quantitative estimate of drug-likeness (QED) is 0.390. The van der Waals surface area contributed by atoms with Crippen molar-refractivity contribution >= 4 is 10.9 Å². The Morgan fingerprint density at radius 2 is 2.33 bits per heavy atom. The number of rotatable bonds is 1. The SMILES string of the molecule is CC[SH](C)C#N. The van der Waals surface area contributed by atoms with Crippen molar-refractivity contribution in [2.45, 2.75) is 6.92 Å². The van der Waals surface area contributed by atoms with Gasteiger partial charge in [0.25, 0.3) is 0 Å². The molecule has 0 spiro atoms. The fourth-order valence-electron chi connectivity index (χ4n) is 0.0707. The minimum absolute atomic E-state index is 0.271. The normalized spacial score (nSPS) is 15.8. The van der Waals surface area contributed by atoms with Crippen LogP contribution < -0.4 is 0 Å². The number of nitriles is 1. The molecule has 6 heavy (non-hydrogen) atoms. The smallest absolute Gasteiger partial charge is 0.110 e. The Morgan fingerprint density at radius 1 is 1.83 bits per heavy atom. The van der Waals surface area contributed by atoms with Crippen molar-refractivity contribution in [2.75, 3.05) is 12.0 Å². The summed E-state index contributed by atoms with van der Waals surface area (Å²) in [7, 11) is -0.271. The van der Waals surface area contributed by atoms with E-state index in [0.29, 0.717) is 0 Å². The number of thiol groups is 1. The molecular weight excluding hydrogens is 94.1 g/mol. The molecule has 0 aliphatic carbocycles. The lowest BCUT2D eigenvalue weighted by atomic mass is 11.0. The minimum Gasteiger partial charge on any atom is -0.187 e. The Kier molecular flexibility index (Phi) is 2.97. The number of hydrogen-bond acceptors (Lipinski definition) is 1. The third kappa shape index (κ3) is 2.10. The molecule has 0 fully saturated rings. The molecule has 0 aromatic rings. The first-order chi connectivity index (χ1) is 2.81. The number of nitrogens with zero attached hydrogens (tertiary/aromatic N) is 1. The summed E-state index contributed by atoms with van der Waals surface area (Å²) < 4.78 is 0. The van der Waals surface area contributed by atoms with Gasteiger partial charge < -0.3 is 0 Å². The summed E-state index contributed by atoms with van der Waals surface area (Å²) >= 11 is 0. The van der Waals surface area contributed by atoms with Crippen LogP contribution in [0.25, 0.3) is 0 Å². The van der Waals surface area contributed by atoms with E-state index in [1.807, 2.05) is 13.2 Å². The third-order valence-electron chi connectivity index (χ3n) is 0.645. The van der Waals surface area contributed by atoms with E-state index in [-0.39, 0.29) is 10.9 Å². The van der Waals surface area contributed by atoms with Gasteiger partial charge in [-0.05, 0) is 12.0 Å². The molecule has 0 bridgehead atoms. The molecule has 0 saturated heterocycles. The Bertz CT molecular complexity index is 64.4. The summed E-state index contributed by atoms with van der Waals surface area (Å²) in [6.07, 6.45) is 1.98. The molecule has 0 amide bonds. The lowest BCUT2D eigenvalue weighted by Gasteiger charge is -1.94. The fourth-order valence-corrected chi connectivity index (χ4v) is 0.212. The zero-order valence-electron chi connectivity index (χ0n) is 4.10. The maximum absolute atomic E-state index is 8.11. The number of thiocyanates is 1. The predicted molar refractivity (Wildman–Crippen MR) is 31.1 cm³/mol. The van der Waals surface area contributed by atoms with Crippen LogP contribution >= 0.6 is 10.9 Å². The van der Waals surface area contributed by atoms with E-state index in [2.05, 4.69) is 5.40 Å². The summed E-state index contributed by atoms with van der Waals surface area (Å²) in [5.74, 6) is 1.03. The van der Waals surface area contributed by atoms with E-state index in [4.69, 9.17) is 5.26 Å². The molecule has 0 aromatic heterocycles.